The Bertz CT molecular complexity index is 2460. The number of benzene rings is 3. The minimum atomic E-state index is -0.412. The monoisotopic (exact) mass is 934 g/mol. The van der Waals surface area contributed by atoms with Crippen molar-refractivity contribution >= 4 is 58.2 Å². The number of carbonyl (C=O) groups excluding carboxylic acids is 3. The first-order valence-electron chi connectivity index (χ1n) is 23.9. The van der Waals surface area contributed by atoms with Crippen molar-refractivity contribution in [1.29, 1.82) is 0 Å². The molecule has 1 unspecified atom stereocenters. The number of amides is 3. The molecule has 0 bridgehead atoms. The van der Waals surface area contributed by atoms with E-state index in [9.17, 15) is 18.8 Å². The summed E-state index contributed by atoms with van der Waals surface area (Å²) in [5, 5.41) is 13.7. The Morgan fingerprint density at radius 1 is 0.896 bits per heavy atom. The summed E-state index contributed by atoms with van der Waals surface area (Å²) in [5.41, 5.74) is 7.95. The number of aromatic nitrogens is 3. The van der Waals surface area contributed by atoms with Crippen molar-refractivity contribution < 1.29 is 23.9 Å². The number of carbonyl (C=O) groups is 3. The predicted molar refractivity (Wildman–Crippen MR) is 262 cm³/mol. The van der Waals surface area contributed by atoms with E-state index < -0.39 is 5.82 Å². The second-order valence-corrected chi connectivity index (χ2v) is 18.7. The van der Waals surface area contributed by atoms with Gasteiger partial charge in [0, 0.05) is 136 Å². The normalized spacial score (nSPS) is 17.8. The van der Waals surface area contributed by atoms with Crippen molar-refractivity contribution in [3.8, 4) is 11.1 Å². The van der Waals surface area contributed by atoms with E-state index in [1.807, 2.05) is 24.1 Å². The summed E-state index contributed by atoms with van der Waals surface area (Å²) in [6, 6.07) is 19.8. The number of nitrogens with zero attached hydrogens (tertiary/aromatic N) is 8. The minimum Gasteiger partial charge on any atom is -0.400 e. The van der Waals surface area contributed by atoms with Gasteiger partial charge in [0.15, 0.2) is 0 Å². The molecule has 4 aliphatic rings. The summed E-state index contributed by atoms with van der Waals surface area (Å²) in [4.78, 5) is 57.1. The van der Waals surface area contributed by atoms with Crippen LogP contribution in [0.25, 0.3) is 22.2 Å². The molecule has 16 heteroatoms. The third-order valence-electron chi connectivity index (χ3n) is 13.9. The van der Waals surface area contributed by atoms with Crippen LogP contribution in [0.15, 0.2) is 73.1 Å². The number of fused-ring (bicyclic) bond motifs is 2. The Labute approximate surface area is 398 Å². The highest BCUT2D eigenvalue weighted by Gasteiger charge is 2.32. The zero-order valence-corrected chi connectivity index (χ0v) is 39.6. The standard InChI is InChI=1S/C50H60ClFN10O3.CH4O/c1-35(8-15-47(64)54-34-63)61-32-38-26-43(13-14-44(38)49(61)65)60-24-22-58(23-25-60)17-5-16-57-18-20-59(21-19-57)31-36-9-11-37(12-10-36)46-33-62(42-6-3-2-4-7-42)48-45(46)30-53-50(56-48)55-41-28-39(51)27-40(52)29-41;1-2/h9-14,26-30,33-35,42H,2-8,15-25,31-32H2,1H3,(H,53,55,56)(H,54,63,64);2H,1H3. The Morgan fingerprint density at radius 3 is 2.30 bits per heavy atom. The molecule has 2 saturated heterocycles. The van der Waals surface area contributed by atoms with Gasteiger partial charge in [0.25, 0.3) is 5.91 Å². The van der Waals surface area contributed by atoms with Gasteiger partial charge >= 0.3 is 0 Å². The van der Waals surface area contributed by atoms with Crippen LogP contribution in [0, 0.1) is 5.82 Å². The summed E-state index contributed by atoms with van der Waals surface area (Å²) in [6.07, 6.45) is 12.4. The predicted octanol–water partition coefficient (Wildman–Crippen LogP) is 7.48. The summed E-state index contributed by atoms with van der Waals surface area (Å²) in [7, 11) is 1.00. The van der Waals surface area contributed by atoms with E-state index in [0.29, 0.717) is 42.1 Å². The number of aliphatic hydroxyl groups excluding tert-OH is 1. The van der Waals surface area contributed by atoms with Crippen molar-refractivity contribution in [2.45, 2.75) is 83.5 Å². The van der Waals surface area contributed by atoms with Gasteiger partial charge in [0.1, 0.15) is 11.5 Å². The highest BCUT2D eigenvalue weighted by molar-refractivity contribution is 6.30. The first-order valence-corrected chi connectivity index (χ1v) is 24.3. The molecule has 67 heavy (non-hydrogen) atoms. The summed E-state index contributed by atoms with van der Waals surface area (Å²) < 4.78 is 16.4. The average Bonchev–Trinajstić information content (AvgIpc) is 3.89. The average molecular weight is 936 g/mol. The maximum Gasteiger partial charge on any atom is 0.254 e. The second kappa shape index (κ2) is 22.6. The molecule has 3 amide bonds. The fraction of sp³-hybridized carbons (Fsp3) is 0.471. The van der Waals surface area contributed by atoms with Gasteiger partial charge in [0.2, 0.25) is 18.3 Å². The van der Waals surface area contributed by atoms with Gasteiger partial charge in [-0.3, -0.25) is 29.5 Å². The van der Waals surface area contributed by atoms with Crippen molar-refractivity contribution in [3.05, 3.63) is 101 Å². The maximum atomic E-state index is 14.1. The Hall–Kier alpha value is -5.45. The van der Waals surface area contributed by atoms with Gasteiger partial charge < -0.3 is 29.7 Å². The molecular weight excluding hydrogens is 871 g/mol. The number of halogens is 2. The third kappa shape index (κ3) is 11.8. The molecule has 0 spiro atoms. The van der Waals surface area contributed by atoms with Gasteiger partial charge in [-0.25, -0.2) is 9.37 Å². The Kier molecular flexibility index (Phi) is 16.2. The van der Waals surface area contributed by atoms with Gasteiger partial charge in [0.05, 0.1) is 0 Å². The highest BCUT2D eigenvalue weighted by atomic mass is 35.5. The first kappa shape index (κ1) is 48.0. The molecule has 356 valence electrons. The lowest BCUT2D eigenvalue weighted by Gasteiger charge is -2.37. The number of piperazine rings is 2. The summed E-state index contributed by atoms with van der Waals surface area (Å²) >= 11 is 6.12. The molecule has 2 aromatic heterocycles. The van der Waals surface area contributed by atoms with Crippen LogP contribution in [0.2, 0.25) is 5.02 Å². The minimum absolute atomic E-state index is 0.0102. The van der Waals surface area contributed by atoms with Crippen LogP contribution in [-0.2, 0) is 22.7 Å². The van der Waals surface area contributed by atoms with Crippen molar-refractivity contribution in [3.63, 3.8) is 0 Å². The number of hydrogen-bond donors (Lipinski definition) is 3. The lowest BCUT2D eigenvalue weighted by Crippen LogP contribution is -2.48. The fourth-order valence-corrected chi connectivity index (χ4v) is 10.4. The molecule has 1 saturated carbocycles. The number of hydrogen-bond acceptors (Lipinski definition) is 11. The molecule has 3 fully saturated rings. The Morgan fingerprint density at radius 2 is 1.60 bits per heavy atom. The number of anilines is 3. The van der Waals surface area contributed by atoms with Crippen LogP contribution in [0.1, 0.15) is 85.8 Å². The zero-order valence-electron chi connectivity index (χ0n) is 38.8. The topological polar surface area (TPSA) is 142 Å². The number of nitrogens with one attached hydrogen (secondary N) is 2. The van der Waals surface area contributed by atoms with Gasteiger partial charge in [-0.1, -0.05) is 55.1 Å². The van der Waals surface area contributed by atoms with Crippen molar-refractivity contribution in [1.82, 2.24) is 39.5 Å². The van der Waals surface area contributed by atoms with Crippen LogP contribution < -0.4 is 15.5 Å². The smallest absolute Gasteiger partial charge is 0.254 e. The van der Waals surface area contributed by atoms with E-state index >= 15 is 0 Å². The van der Waals surface area contributed by atoms with E-state index in [0.717, 1.165) is 137 Å². The molecule has 14 nitrogen and oxygen atoms in total. The van der Waals surface area contributed by atoms with Crippen LogP contribution in [0.3, 0.4) is 0 Å². The molecule has 5 heterocycles. The molecule has 1 aliphatic carbocycles. The van der Waals surface area contributed by atoms with E-state index in [2.05, 4.69) is 82.4 Å². The fourth-order valence-electron chi connectivity index (χ4n) is 10.2. The lowest BCUT2D eigenvalue weighted by atomic mass is 9.95. The van der Waals surface area contributed by atoms with Crippen molar-refractivity contribution in [2.75, 3.05) is 82.8 Å². The van der Waals surface area contributed by atoms with Gasteiger partial charge in [-0.2, -0.15) is 4.98 Å². The molecule has 9 rings (SSSR count). The quantitative estimate of drug-likeness (QED) is 0.0849. The zero-order chi connectivity index (χ0) is 46.9. The first-order chi connectivity index (χ1) is 32.7. The summed E-state index contributed by atoms with van der Waals surface area (Å²) in [5.74, 6) is -0.307. The van der Waals surface area contributed by atoms with Crippen LogP contribution in [-0.4, -0.2) is 136 Å². The largest absolute Gasteiger partial charge is 0.400 e. The lowest BCUT2D eigenvalue weighted by molar-refractivity contribution is -0.125. The van der Waals surface area contributed by atoms with E-state index in [4.69, 9.17) is 21.7 Å². The molecule has 3 N–H and O–H groups in total. The van der Waals surface area contributed by atoms with Gasteiger partial charge in [-0.05, 0) is 98.8 Å². The van der Waals surface area contributed by atoms with Crippen molar-refractivity contribution in [2.24, 2.45) is 0 Å². The third-order valence-corrected chi connectivity index (χ3v) is 14.2. The van der Waals surface area contributed by atoms with Crippen LogP contribution >= 0.6 is 11.6 Å². The van der Waals surface area contributed by atoms with E-state index in [1.165, 1.54) is 37.0 Å². The molecule has 0 radical (unpaired) electrons. The molecular formula is C51H64ClFN10O4. The molecule has 3 aliphatic heterocycles. The van der Waals surface area contributed by atoms with E-state index in [1.54, 1.807) is 6.07 Å². The molecule has 3 aromatic carbocycles. The number of aliphatic hydroxyl groups is 1. The van der Waals surface area contributed by atoms with E-state index in [-0.39, 0.29) is 24.3 Å². The second-order valence-electron chi connectivity index (χ2n) is 18.3. The van der Waals surface area contributed by atoms with Crippen LogP contribution in [0.4, 0.5) is 21.7 Å². The van der Waals surface area contributed by atoms with Gasteiger partial charge in [-0.15, -0.1) is 0 Å². The Balaban J connectivity index is 0.00000300. The molecule has 5 aromatic rings. The number of rotatable bonds is 16. The van der Waals surface area contributed by atoms with Crippen LogP contribution in [0.5, 0.6) is 0 Å². The summed E-state index contributed by atoms with van der Waals surface area (Å²) in [6.45, 7) is 13.9. The molecule has 1 atom stereocenters. The maximum absolute atomic E-state index is 14.1. The highest BCUT2D eigenvalue weighted by Crippen LogP contribution is 2.37. The SMILES string of the molecule is CC(CCC(=O)NC=O)N1Cc2cc(N3CCN(CCCN4CCN(Cc5ccc(-c6cn(C7CCCCC7)c7nc(Nc8cc(F)cc(Cl)c8)ncc67)cc5)CC4)CC3)ccc2C1=O.CO. The number of imide groups is 1.